The van der Waals surface area contributed by atoms with Crippen LogP contribution in [0.4, 0.5) is 0 Å². The maximum Gasteiger partial charge on any atom is 0.261 e. The van der Waals surface area contributed by atoms with Crippen molar-refractivity contribution in [3.8, 4) is 5.75 Å². The Hall–Kier alpha value is -2.82. The van der Waals surface area contributed by atoms with E-state index in [-0.39, 0.29) is 18.4 Å². The Balaban J connectivity index is 1.73. The molecule has 2 aromatic carbocycles. The molecule has 5 nitrogen and oxygen atoms in total. The molecule has 3 rings (SSSR count). The highest BCUT2D eigenvalue weighted by Gasteiger charge is 2.34. The molecule has 1 aliphatic heterocycles. The maximum atomic E-state index is 12.6. The number of piperazine rings is 1. The summed E-state index contributed by atoms with van der Waals surface area (Å²) < 4.78 is 5.60. The van der Waals surface area contributed by atoms with Crippen molar-refractivity contribution in [2.45, 2.75) is 13.0 Å². The van der Waals surface area contributed by atoms with Crippen LogP contribution in [-0.2, 0) is 9.59 Å². The van der Waals surface area contributed by atoms with Gasteiger partial charge in [-0.25, -0.2) is 0 Å². The van der Waals surface area contributed by atoms with E-state index in [0.29, 0.717) is 18.8 Å². The number of aryl methyl sites for hydroxylation is 1. The van der Waals surface area contributed by atoms with Crippen molar-refractivity contribution in [1.82, 2.24) is 10.2 Å². The summed E-state index contributed by atoms with van der Waals surface area (Å²) in [5.41, 5.74) is 1.87. The van der Waals surface area contributed by atoms with Gasteiger partial charge < -0.3 is 15.0 Å². The molecule has 2 aromatic rings. The highest BCUT2D eigenvalue weighted by Crippen LogP contribution is 2.23. The minimum absolute atomic E-state index is 0.0833. The second-order valence-electron chi connectivity index (χ2n) is 5.80. The summed E-state index contributed by atoms with van der Waals surface area (Å²) in [6.07, 6.45) is 0. The number of rotatable bonds is 4. The van der Waals surface area contributed by atoms with Gasteiger partial charge in [0.15, 0.2) is 6.61 Å². The summed E-state index contributed by atoms with van der Waals surface area (Å²) in [7, 11) is 0. The molecule has 0 saturated carbocycles. The molecule has 24 heavy (non-hydrogen) atoms. The van der Waals surface area contributed by atoms with E-state index in [4.69, 9.17) is 4.74 Å². The number of hydrogen-bond donors (Lipinski definition) is 1. The average Bonchev–Trinajstić information content (AvgIpc) is 2.60. The van der Waals surface area contributed by atoms with Gasteiger partial charge in [-0.3, -0.25) is 9.59 Å². The van der Waals surface area contributed by atoms with Crippen molar-refractivity contribution < 1.29 is 14.3 Å². The smallest absolute Gasteiger partial charge is 0.261 e. The van der Waals surface area contributed by atoms with Gasteiger partial charge in [0.2, 0.25) is 5.91 Å². The third kappa shape index (κ3) is 3.56. The number of amides is 2. The molecule has 1 fully saturated rings. The first-order valence-corrected chi connectivity index (χ1v) is 7.97. The minimum atomic E-state index is -0.603. The molecule has 0 aliphatic carbocycles. The molecule has 0 radical (unpaired) electrons. The first-order chi connectivity index (χ1) is 11.6. The van der Waals surface area contributed by atoms with Gasteiger partial charge in [-0.15, -0.1) is 0 Å². The van der Waals surface area contributed by atoms with Crippen LogP contribution in [0.15, 0.2) is 54.6 Å². The van der Waals surface area contributed by atoms with Crippen LogP contribution in [0.3, 0.4) is 0 Å². The van der Waals surface area contributed by atoms with Gasteiger partial charge in [0.1, 0.15) is 11.8 Å². The molecule has 1 unspecified atom stereocenters. The van der Waals surface area contributed by atoms with Crippen molar-refractivity contribution in [2.24, 2.45) is 0 Å². The Bertz CT molecular complexity index is 730. The van der Waals surface area contributed by atoms with Crippen LogP contribution >= 0.6 is 0 Å². The van der Waals surface area contributed by atoms with E-state index >= 15 is 0 Å². The molecule has 1 atom stereocenters. The maximum absolute atomic E-state index is 12.6. The van der Waals surface area contributed by atoms with Crippen molar-refractivity contribution in [1.29, 1.82) is 0 Å². The molecule has 0 spiro atoms. The quantitative estimate of drug-likeness (QED) is 0.937. The molecule has 5 heteroatoms. The topological polar surface area (TPSA) is 58.6 Å². The number of carbonyl (C=O) groups excluding carboxylic acids is 2. The third-order valence-electron chi connectivity index (χ3n) is 4.00. The summed E-state index contributed by atoms with van der Waals surface area (Å²) in [6, 6.07) is 16.3. The lowest BCUT2D eigenvalue weighted by atomic mass is 10.0. The van der Waals surface area contributed by atoms with Crippen LogP contribution in [0, 0.1) is 6.92 Å². The zero-order valence-electron chi connectivity index (χ0n) is 13.6. The molecule has 1 heterocycles. The van der Waals surface area contributed by atoms with Crippen molar-refractivity contribution in [3.63, 3.8) is 0 Å². The fourth-order valence-corrected chi connectivity index (χ4v) is 2.84. The molecule has 1 aliphatic rings. The lowest BCUT2D eigenvalue weighted by molar-refractivity contribution is -0.145. The lowest BCUT2D eigenvalue weighted by Gasteiger charge is -2.35. The zero-order valence-corrected chi connectivity index (χ0v) is 13.6. The first-order valence-electron chi connectivity index (χ1n) is 7.97. The molecule has 1 saturated heterocycles. The van der Waals surface area contributed by atoms with E-state index < -0.39 is 6.04 Å². The van der Waals surface area contributed by atoms with E-state index in [1.807, 2.05) is 61.5 Å². The number of nitrogens with one attached hydrogen (secondary N) is 1. The van der Waals surface area contributed by atoms with Crippen molar-refractivity contribution in [3.05, 3.63) is 65.7 Å². The first kappa shape index (κ1) is 16.1. The van der Waals surface area contributed by atoms with Crippen LogP contribution in [0.1, 0.15) is 17.2 Å². The highest BCUT2D eigenvalue weighted by molar-refractivity contribution is 5.90. The summed E-state index contributed by atoms with van der Waals surface area (Å²) >= 11 is 0. The normalized spacial score (nSPS) is 17.3. The Kier molecular flexibility index (Phi) is 4.79. The molecule has 124 valence electrons. The van der Waals surface area contributed by atoms with Crippen LogP contribution in [0.5, 0.6) is 5.75 Å². The lowest BCUT2D eigenvalue weighted by Crippen LogP contribution is -2.53. The van der Waals surface area contributed by atoms with Crippen molar-refractivity contribution in [2.75, 3.05) is 19.7 Å². The monoisotopic (exact) mass is 324 g/mol. The van der Waals surface area contributed by atoms with Crippen molar-refractivity contribution >= 4 is 11.8 Å². The van der Waals surface area contributed by atoms with E-state index in [2.05, 4.69) is 5.32 Å². The largest absolute Gasteiger partial charge is 0.484 e. The number of benzene rings is 2. The Morgan fingerprint density at radius 2 is 2.00 bits per heavy atom. The average molecular weight is 324 g/mol. The van der Waals surface area contributed by atoms with Gasteiger partial charge >= 0.3 is 0 Å². The van der Waals surface area contributed by atoms with E-state index in [1.54, 1.807) is 4.90 Å². The predicted octanol–water partition coefficient (Wildman–Crippen LogP) is 2.07. The van der Waals surface area contributed by atoms with E-state index in [0.717, 1.165) is 11.1 Å². The van der Waals surface area contributed by atoms with E-state index in [9.17, 15) is 9.59 Å². The number of hydrogen-bond acceptors (Lipinski definition) is 3. The van der Waals surface area contributed by atoms with Gasteiger partial charge in [0.25, 0.3) is 5.91 Å². The second kappa shape index (κ2) is 7.17. The zero-order chi connectivity index (χ0) is 16.9. The number of ether oxygens (including phenoxy) is 1. The molecule has 2 amide bonds. The summed E-state index contributed by atoms with van der Waals surface area (Å²) in [5.74, 6) is 0.303. The Labute approximate surface area is 141 Å². The summed E-state index contributed by atoms with van der Waals surface area (Å²) in [6.45, 7) is 2.81. The third-order valence-corrected chi connectivity index (χ3v) is 4.00. The summed E-state index contributed by atoms with van der Waals surface area (Å²) in [5, 5.41) is 2.82. The predicted molar refractivity (Wildman–Crippen MR) is 90.6 cm³/mol. The standard InChI is InChI=1S/C19H20N2O3/c1-14-6-5-9-16(12-14)24-13-17(22)21-11-10-20-19(23)18(21)15-7-3-2-4-8-15/h2-9,12,18H,10-11,13H2,1H3,(H,20,23). The Morgan fingerprint density at radius 3 is 2.75 bits per heavy atom. The van der Waals surface area contributed by atoms with E-state index in [1.165, 1.54) is 0 Å². The van der Waals surface area contributed by atoms with Crippen LogP contribution < -0.4 is 10.1 Å². The molecular weight excluding hydrogens is 304 g/mol. The summed E-state index contributed by atoms with van der Waals surface area (Å²) in [4.78, 5) is 26.5. The Morgan fingerprint density at radius 1 is 1.21 bits per heavy atom. The van der Waals surface area contributed by atoms with Gasteiger partial charge in [-0.1, -0.05) is 42.5 Å². The number of carbonyl (C=O) groups is 2. The highest BCUT2D eigenvalue weighted by atomic mass is 16.5. The molecule has 0 bridgehead atoms. The van der Waals surface area contributed by atoms with Gasteiger partial charge in [0, 0.05) is 13.1 Å². The molecular formula is C19H20N2O3. The molecule has 1 N–H and O–H groups in total. The van der Waals surface area contributed by atoms with Crippen LogP contribution in [0.25, 0.3) is 0 Å². The minimum Gasteiger partial charge on any atom is -0.484 e. The van der Waals surface area contributed by atoms with Crippen LogP contribution in [-0.4, -0.2) is 36.4 Å². The van der Waals surface area contributed by atoms with Gasteiger partial charge in [-0.05, 0) is 30.2 Å². The SMILES string of the molecule is Cc1cccc(OCC(=O)N2CCNC(=O)C2c2ccccc2)c1. The fraction of sp³-hybridized carbons (Fsp3) is 0.263. The number of nitrogens with zero attached hydrogens (tertiary/aromatic N) is 1. The van der Waals surface area contributed by atoms with Gasteiger partial charge in [-0.2, -0.15) is 0 Å². The van der Waals surface area contributed by atoms with Gasteiger partial charge in [0.05, 0.1) is 0 Å². The van der Waals surface area contributed by atoms with Crippen LogP contribution in [0.2, 0.25) is 0 Å². The molecule has 0 aromatic heterocycles. The second-order valence-corrected chi connectivity index (χ2v) is 5.80. The fourth-order valence-electron chi connectivity index (χ4n) is 2.84.